The van der Waals surface area contributed by atoms with Gasteiger partial charge in [0.25, 0.3) is 5.92 Å². The zero-order valence-electron chi connectivity index (χ0n) is 15.3. The van der Waals surface area contributed by atoms with Crippen molar-refractivity contribution in [2.24, 2.45) is 0 Å². The maximum atomic E-state index is 13.2. The van der Waals surface area contributed by atoms with Crippen LogP contribution in [-0.4, -0.2) is 58.5 Å². The van der Waals surface area contributed by atoms with Gasteiger partial charge in [0.15, 0.2) is 0 Å². The van der Waals surface area contributed by atoms with E-state index in [-0.39, 0.29) is 26.1 Å². The second-order valence-corrected chi connectivity index (χ2v) is 7.16. The largest absolute Gasteiger partial charge is 0.491 e. The molecule has 1 fully saturated rings. The predicted molar refractivity (Wildman–Crippen MR) is 102 cm³/mol. The van der Waals surface area contributed by atoms with Crippen molar-refractivity contribution in [3.63, 3.8) is 0 Å². The minimum Gasteiger partial charge on any atom is -0.491 e. The van der Waals surface area contributed by atoms with Crippen molar-refractivity contribution in [1.29, 1.82) is 0 Å². The number of aliphatic hydroxyl groups excluding tert-OH is 1. The standard InChI is InChI=1S/C21H21F2N3O2/c22-21(23)6-8-26(14-21)12-19(27)13-28-20-4-3-15-1-2-16(9-18(15)10-20)17-5-7-24-25-11-17/h1-5,7,9-11,19,27H,6,8,12-14H2. The van der Waals surface area contributed by atoms with E-state index in [9.17, 15) is 13.9 Å². The molecule has 5 nitrogen and oxygen atoms in total. The SMILES string of the molecule is OC(COc1ccc2ccc(-c3ccnnc3)cc2c1)CN1CCC(F)(F)C1. The van der Waals surface area contributed by atoms with Gasteiger partial charge in [-0.3, -0.25) is 4.90 Å². The Morgan fingerprint density at radius 3 is 2.68 bits per heavy atom. The highest BCUT2D eigenvalue weighted by molar-refractivity contribution is 5.88. The molecule has 146 valence electrons. The lowest BCUT2D eigenvalue weighted by Gasteiger charge is -2.20. The normalized spacial score (nSPS) is 17.7. The van der Waals surface area contributed by atoms with Gasteiger partial charge in [0.05, 0.1) is 18.9 Å². The van der Waals surface area contributed by atoms with E-state index in [4.69, 9.17) is 4.74 Å². The third-order valence-electron chi connectivity index (χ3n) is 4.89. The van der Waals surface area contributed by atoms with Gasteiger partial charge in [0, 0.05) is 25.1 Å². The van der Waals surface area contributed by atoms with E-state index < -0.39 is 12.0 Å². The van der Waals surface area contributed by atoms with Crippen molar-refractivity contribution in [2.75, 3.05) is 26.2 Å². The van der Waals surface area contributed by atoms with Crippen LogP contribution in [0.5, 0.6) is 5.75 Å². The molecule has 1 aliphatic rings. The molecule has 1 atom stereocenters. The number of hydrogen-bond acceptors (Lipinski definition) is 5. The summed E-state index contributed by atoms with van der Waals surface area (Å²) < 4.78 is 32.2. The van der Waals surface area contributed by atoms with Crippen LogP contribution in [-0.2, 0) is 0 Å². The average molecular weight is 385 g/mol. The first-order valence-electron chi connectivity index (χ1n) is 9.20. The molecule has 4 rings (SSSR count). The minimum absolute atomic E-state index is 0.0571. The van der Waals surface area contributed by atoms with Crippen molar-refractivity contribution in [3.8, 4) is 16.9 Å². The number of benzene rings is 2. The second kappa shape index (κ2) is 7.77. The van der Waals surface area contributed by atoms with Crippen LogP contribution in [0, 0.1) is 0 Å². The van der Waals surface area contributed by atoms with Gasteiger partial charge < -0.3 is 9.84 Å². The molecule has 1 saturated heterocycles. The third kappa shape index (κ3) is 4.43. The summed E-state index contributed by atoms with van der Waals surface area (Å²) >= 11 is 0. The number of hydrogen-bond donors (Lipinski definition) is 1. The summed E-state index contributed by atoms with van der Waals surface area (Å²) in [6.45, 7) is 0.239. The Kier molecular flexibility index (Phi) is 5.19. The Morgan fingerprint density at radius 1 is 1.07 bits per heavy atom. The molecule has 0 spiro atoms. The van der Waals surface area contributed by atoms with Crippen molar-refractivity contribution in [1.82, 2.24) is 15.1 Å². The summed E-state index contributed by atoms with van der Waals surface area (Å²) in [5.41, 5.74) is 2.00. The molecule has 1 unspecified atom stereocenters. The summed E-state index contributed by atoms with van der Waals surface area (Å²) in [6.07, 6.45) is 2.38. The molecule has 7 heteroatoms. The molecule has 1 aliphatic heterocycles. The Morgan fingerprint density at radius 2 is 1.93 bits per heavy atom. The predicted octanol–water partition coefficient (Wildman–Crippen LogP) is 3.38. The van der Waals surface area contributed by atoms with E-state index in [1.54, 1.807) is 17.3 Å². The zero-order chi connectivity index (χ0) is 19.6. The molecule has 1 N–H and O–H groups in total. The number of fused-ring (bicyclic) bond motifs is 1. The van der Waals surface area contributed by atoms with Gasteiger partial charge >= 0.3 is 0 Å². The van der Waals surface area contributed by atoms with E-state index in [0.29, 0.717) is 12.3 Å². The van der Waals surface area contributed by atoms with Crippen LogP contribution in [0.15, 0.2) is 54.9 Å². The molecule has 0 radical (unpaired) electrons. The Balaban J connectivity index is 1.41. The highest BCUT2D eigenvalue weighted by Crippen LogP contribution is 2.28. The Labute approximate surface area is 161 Å². The third-order valence-corrected chi connectivity index (χ3v) is 4.89. The fourth-order valence-electron chi connectivity index (χ4n) is 3.46. The van der Waals surface area contributed by atoms with Gasteiger partial charge in [-0.25, -0.2) is 8.78 Å². The van der Waals surface area contributed by atoms with Crippen LogP contribution in [0.4, 0.5) is 8.78 Å². The van der Waals surface area contributed by atoms with Crippen LogP contribution < -0.4 is 4.74 Å². The topological polar surface area (TPSA) is 58.5 Å². The van der Waals surface area contributed by atoms with Crippen molar-refractivity contribution >= 4 is 10.8 Å². The number of aliphatic hydroxyl groups is 1. The van der Waals surface area contributed by atoms with Gasteiger partial charge in [-0.15, -0.1) is 0 Å². The molecule has 28 heavy (non-hydrogen) atoms. The molecule has 0 saturated carbocycles. The van der Waals surface area contributed by atoms with Gasteiger partial charge in [0.2, 0.25) is 0 Å². The van der Waals surface area contributed by atoms with Crippen molar-refractivity contribution in [3.05, 3.63) is 54.9 Å². The van der Waals surface area contributed by atoms with E-state index >= 15 is 0 Å². The lowest BCUT2D eigenvalue weighted by molar-refractivity contribution is 0.00461. The highest BCUT2D eigenvalue weighted by Gasteiger charge is 2.38. The maximum Gasteiger partial charge on any atom is 0.261 e. The van der Waals surface area contributed by atoms with Crippen molar-refractivity contribution < 1.29 is 18.6 Å². The maximum absolute atomic E-state index is 13.2. The molecule has 0 aliphatic carbocycles. The molecular formula is C21H21F2N3O2. The summed E-state index contributed by atoms with van der Waals surface area (Å²) in [5, 5.41) is 19.9. The van der Waals surface area contributed by atoms with Crippen LogP contribution >= 0.6 is 0 Å². The summed E-state index contributed by atoms with van der Waals surface area (Å²) in [4.78, 5) is 1.57. The summed E-state index contributed by atoms with van der Waals surface area (Å²) in [7, 11) is 0. The number of alkyl halides is 2. The summed E-state index contributed by atoms with van der Waals surface area (Å²) in [6, 6.07) is 13.7. The van der Waals surface area contributed by atoms with Crippen molar-refractivity contribution in [2.45, 2.75) is 18.4 Å². The second-order valence-electron chi connectivity index (χ2n) is 7.16. The lowest BCUT2D eigenvalue weighted by Crippen LogP contribution is -2.35. The smallest absolute Gasteiger partial charge is 0.261 e. The number of likely N-dealkylation sites (tertiary alicyclic amines) is 1. The number of aromatic nitrogens is 2. The molecule has 2 aromatic carbocycles. The number of ether oxygens (including phenoxy) is 1. The first-order valence-corrected chi connectivity index (χ1v) is 9.20. The molecule has 3 aromatic rings. The molecule has 2 heterocycles. The molecule has 0 bridgehead atoms. The average Bonchev–Trinajstić information content (AvgIpc) is 3.04. The van der Waals surface area contributed by atoms with Crippen LogP contribution in [0.1, 0.15) is 6.42 Å². The van der Waals surface area contributed by atoms with Gasteiger partial charge in [0.1, 0.15) is 18.5 Å². The van der Waals surface area contributed by atoms with E-state index in [1.165, 1.54) is 0 Å². The fourth-order valence-corrected chi connectivity index (χ4v) is 3.46. The van der Waals surface area contributed by atoms with Gasteiger partial charge in [-0.2, -0.15) is 10.2 Å². The first-order chi connectivity index (χ1) is 13.5. The first kappa shape index (κ1) is 18.7. The highest BCUT2D eigenvalue weighted by atomic mass is 19.3. The number of nitrogens with zero attached hydrogens (tertiary/aromatic N) is 3. The van der Waals surface area contributed by atoms with E-state index in [2.05, 4.69) is 10.2 Å². The monoisotopic (exact) mass is 385 g/mol. The van der Waals surface area contributed by atoms with Crippen LogP contribution in [0.2, 0.25) is 0 Å². The van der Waals surface area contributed by atoms with Gasteiger partial charge in [-0.05, 0) is 40.6 Å². The fraction of sp³-hybridized carbons (Fsp3) is 0.333. The minimum atomic E-state index is -2.65. The number of halogens is 2. The lowest BCUT2D eigenvalue weighted by atomic mass is 10.0. The number of rotatable bonds is 6. The number of β-amino-alcohol motifs (C(OH)–C–C–N with tert-alkyl or cyclic N) is 1. The molecular weight excluding hydrogens is 364 g/mol. The molecule has 1 aromatic heterocycles. The van der Waals surface area contributed by atoms with E-state index in [0.717, 1.165) is 21.9 Å². The zero-order valence-corrected chi connectivity index (χ0v) is 15.3. The molecule has 0 amide bonds. The van der Waals surface area contributed by atoms with Crippen LogP contribution in [0.25, 0.3) is 21.9 Å². The van der Waals surface area contributed by atoms with Crippen LogP contribution in [0.3, 0.4) is 0 Å². The van der Waals surface area contributed by atoms with E-state index in [1.807, 2.05) is 42.5 Å². The Hall–Kier alpha value is -2.64. The Bertz CT molecular complexity index is 953. The quantitative estimate of drug-likeness (QED) is 0.705. The van der Waals surface area contributed by atoms with Gasteiger partial charge in [-0.1, -0.05) is 18.2 Å². The summed E-state index contributed by atoms with van der Waals surface area (Å²) in [5.74, 6) is -2.02.